The van der Waals surface area contributed by atoms with Crippen LogP contribution in [0, 0.1) is 22.0 Å². The van der Waals surface area contributed by atoms with Crippen LogP contribution >= 0.6 is 0 Å². The van der Waals surface area contributed by atoms with E-state index in [0.29, 0.717) is 16.5 Å². The lowest BCUT2D eigenvalue weighted by molar-refractivity contribution is -0.383. The first kappa shape index (κ1) is 12.5. The number of nitro benzene ring substituents is 1. The molecule has 0 bridgehead atoms. The van der Waals surface area contributed by atoms with E-state index < -0.39 is 10.9 Å². The van der Waals surface area contributed by atoms with Crippen LogP contribution in [0.15, 0.2) is 30.5 Å². The van der Waals surface area contributed by atoms with E-state index >= 15 is 0 Å². The van der Waals surface area contributed by atoms with E-state index in [2.05, 4.69) is 16.8 Å². The summed E-state index contributed by atoms with van der Waals surface area (Å²) in [7, 11) is 0. The summed E-state index contributed by atoms with van der Waals surface area (Å²) in [6, 6.07) is 6.00. The van der Waals surface area contributed by atoms with E-state index in [9.17, 15) is 14.9 Å². The van der Waals surface area contributed by atoms with Crippen molar-refractivity contribution in [1.29, 1.82) is 0 Å². The normalized spacial score (nSPS) is 9.68. The average Bonchev–Trinajstić information content (AvgIpc) is 2.38. The SMILES string of the molecule is O=C(O)CC#Cc1ccc([N+](=O)[O-])c2cccnc12. The number of hydrogen-bond acceptors (Lipinski definition) is 4. The van der Waals surface area contributed by atoms with Crippen molar-refractivity contribution in [2.45, 2.75) is 6.42 Å². The van der Waals surface area contributed by atoms with Gasteiger partial charge >= 0.3 is 5.97 Å². The second-order valence-corrected chi connectivity index (χ2v) is 3.66. The number of benzene rings is 1. The van der Waals surface area contributed by atoms with Crippen molar-refractivity contribution in [2.75, 3.05) is 0 Å². The molecule has 1 heterocycles. The quantitative estimate of drug-likeness (QED) is 0.503. The number of nitro groups is 1. The maximum atomic E-state index is 10.9. The number of carbonyl (C=O) groups is 1. The molecule has 1 aromatic heterocycles. The zero-order valence-corrected chi connectivity index (χ0v) is 9.66. The van der Waals surface area contributed by atoms with Gasteiger partial charge in [0.1, 0.15) is 6.42 Å². The van der Waals surface area contributed by atoms with Gasteiger partial charge in [-0.2, -0.15) is 0 Å². The second-order valence-electron chi connectivity index (χ2n) is 3.66. The fourth-order valence-corrected chi connectivity index (χ4v) is 1.63. The van der Waals surface area contributed by atoms with Crippen molar-refractivity contribution in [3.63, 3.8) is 0 Å². The molecule has 0 radical (unpaired) electrons. The summed E-state index contributed by atoms with van der Waals surface area (Å²) in [5.74, 6) is 4.13. The number of non-ortho nitro benzene ring substituents is 1. The number of rotatable bonds is 2. The van der Waals surface area contributed by atoms with E-state index in [-0.39, 0.29) is 12.1 Å². The minimum atomic E-state index is -1.02. The molecule has 1 N–H and O–H groups in total. The standard InChI is InChI=1S/C13H8N2O4/c16-12(17)5-1-3-9-6-7-11(15(18)19)10-4-2-8-14-13(9)10/h2,4,6-8H,5H2,(H,16,17). The predicted molar refractivity (Wildman–Crippen MR) is 67.5 cm³/mol. The number of nitrogens with zero attached hydrogens (tertiary/aromatic N) is 2. The third-order valence-corrected chi connectivity index (χ3v) is 2.41. The molecular formula is C13H8N2O4. The Morgan fingerprint density at radius 1 is 1.42 bits per heavy atom. The molecule has 0 saturated carbocycles. The number of fused-ring (bicyclic) bond motifs is 1. The van der Waals surface area contributed by atoms with E-state index in [1.54, 1.807) is 12.1 Å². The highest BCUT2D eigenvalue weighted by Gasteiger charge is 2.13. The molecule has 19 heavy (non-hydrogen) atoms. The van der Waals surface area contributed by atoms with Crippen LogP contribution < -0.4 is 0 Å². The molecule has 6 nitrogen and oxygen atoms in total. The van der Waals surface area contributed by atoms with Crippen molar-refractivity contribution in [3.05, 3.63) is 46.1 Å². The molecule has 94 valence electrons. The summed E-state index contributed by atoms with van der Waals surface area (Å²) in [6.07, 6.45) is 1.22. The Morgan fingerprint density at radius 3 is 2.89 bits per heavy atom. The summed E-state index contributed by atoms with van der Waals surface area (Å²) in [5, 5.41) is 19.8. The summed E-state index contributed by atoms with van der Waals surface area (Å²) in [6.45, 7) is 0. The number of carboxylic acid groups (broad SMARTS) is 1. The Hall–Kier alpha value is -2.94. The Labute approximate surface area is 107 Å². The monoisotopic (exact) mass is 256 g/mol. The lowest BCUT2D eigenvalue weighted by Gasteiger charge is -2.00. The minimum absolute atomic E-state index is 0.0492. The summed E-state index contributed by atoms with van der Waals surface area (Å²) in [5.41, 5.74) is 0.823. The molecule has 0 amide bonds. The van der Waals surface area contributed by atoms with Gasteiger partial charge in [-0.25, -0.2) is 0 Å². The molecule has 0 saturated heterocycles. The van der Waals surface area contributed by atoms with Crippen molar-refractivity contribution in [1.82, 2.24) is 4.98 Å². The second kappa shape index (κ2) is 5.14. The highest BCUT2D eigenvalue weighted by molar-refractivity contribution is 5.92. The molecule has 2 aromatic rings. The zero-order chi connectivity index (χ0) is 13.8. The van der Waals surface area contributed by atoms with Crippen LogP contribution in [-0.2, 0) is 4.79 Å². The predicted octanol–water partition coefficient (Wildman–Crippen LogP) is 1.97. The highest BCUT2D eigenvalue weighted by atomic mass is 16.6. The van der Waals surface area contributed by atoms with Crippen molar-refractivity contribution < 1.29 is 14.8 Å². The van der Waals surface area contributed by atoms with Crippen LogP contribution in [0.2, 0.25) is 0 Å². The third-order valence-electron chi connectivity index (χ3n) is 2.41. The Morgan fingerprint density at radius 2 is 2.21 bits per heavy atom. The summed E-state index contributed by atoms with van der Waals surface area (Å²) >= 11 is 0. The Balaban J connectivity index is 2.58. The number of aliphatic carboxylic acids is 1. The number of aromatic nitrogens is 1. The molecule has 0 atom stereocenters. The molecule has 6 heteroatoms. The molecule has 2 rings (SSSR count). The summed E-state index contributed by atoms with van der Waals surface area (Å²) in [4.78, 5) is 24.9. The minimum Gasteiger partial charge on any atom is -0.481 e. The van der Waals surface area contributed by atoms with E-state index in [1.807, 2.05) is 0 Å². The Bertz CT molecular complexity index is 728. The molecule has 0 aliphatic carbocycles. The smallest absolute Gasteiger partial charge is 0.315 e. The molecule has 1 aromatic carbocycles. The number of carboxylic acids is 1. The van der Waals surface area contributed by atoms with Crippen LogP contribution in [0.3, 0.4) is 0 Å². The van der Waals surface area contributed by atoms with Crippen LogP contribution in [0.5, 0.6) is 0 Å². The lowest BCUT2D eigenvalue weighted by atomic mass is 10.1. The van der Waals surface area contributed by atoms with Gasteiger partial charge in [-0.05, 0) is 18.2 Å². The van der Waals surface area contributed by atoms with Crippen molar-refractivity contribution in [2.24, 2.45) is 0 Å². The van der Waals surface area contributed by atoms with Crippen LogP contribution in [0.1, 0.15) is 12.0 Å². The van der Waals surface area contributed by atoms with Gasteiger partial charge in [0.15, 0.2) is 0 Å². The first-order valence-corrected chi connectivity index (χ1v) is 5.32. The van der Waals surface area contributed by atoms with Gasteiger partial charge in [-0.1, -0.05) is 11.8 Å². The fraction of sp³-hybridized carbons (Fsp3) is 0.0769. The van der Waals surface area contributed by atoms with E-state index in [0.717, 1.165) is 0 Å². The lowest BCUT2D eigenvalue weighted by Crippen LogP contribution is -1.93. The van der Waals surface area contributed by atoms with Crippen LogP contribution in [0.25, 0.3) is 10.9 Å². The molecule has 0 aliphatic rings. The third kappa shape index (κ3) is 2.66. The van der Waals surface area contributed by atoms with Gasteiger partial charge in [0.05, 0.1) is 21.4 Å². The molecule has 0 unspecified atom stereocenters. The maximum Gasteiger partial charge on any atom is 0.315 e. The van der Waals surface area contributed by atoms with Gasteiger partial charge in [0, 0.05) is 12.3 Å². The van der Waals surface area contributed by atoms with Crippen LogP contribution in [0.4, 0.5) is 5.69 Å². The number of pyridine rings is 1. The fourth-order valence-electron chi connectivity index (χ4n) is 1.63. The van der Waals surface area contributed by atoms with Gasteiger partial charge < -0.3 is 5.11 Å². The number of hydrogen-bond donors (Lipinski definition) is 1. The van der Waals surface area contributed by atoms with Gasteiger partial charge in [0.25, 0.3) is 5.69 Å². The zero-order valence-electron chi connectivity index (χ0n) is 9.66. The molecular weight excluding hydrogens is 248 g/mol. The average molecular weight is 256 g/mol. The first-order chi connectivity index (χ1) is 9.09. The largest absolute Gasteiger partial charge is 0.481 e. The first-order valence-electron chi connectivity index (χ1n) is 5.32. The molecule has 0 spiro atoms. The summed E-state index contributed by atoms with van der Waals surface area (Å²) < 4.78 is 0. The van der Waals surface area contributed by atoms with Crippen LogP contribution in [-0.4, -0.2) is 21.0 Å². The topological polar surface area (TPSA) is 93.3 Å². The van der Waals surface area contributed by atoms with Gasteiger partial charge in [-0.15, -0.1) is 0 Å². The van der Waals surface area contributed by atoms with E-state index in [1.165, 1.54) is 18.3 Å². The Kier molecular flexibility index (Phi) is 3.39. The molecule has 0 aliphatic heterocycles. The van der Waals surface area contributed by atoms with Crippen molar-refractivity contribution >= 4 is 22.6 Å². The maximum absolute atomic E-state index is 10.9. The van der Waals surface area contributed by atoms with Crippen molar-refractivity contribution in [3.8, 4) is 11.8 Å². The highest BCUT2D eigenvalue weighted by Crippen LogP contribution is 2.26. The molecule has 0 fully saturated rings. The van der Waals surface area contributed by atoms with Gasteiger partial charge in [-0.3, -0.25) is 19.9 Å². The van der Waals surface area contributed by atoms with E-state index in [4.69, 9.17) is 5.11 Å². The van der Waals surface area contributed by atoms with Gasteiger partial charge in [0.2, 0.25) is 0 Å².